The number of aliphatic hydroxyl groups excluding tert-OH is 1. The molecule has 16 heavy (non-hydrogen) atoms. The maximum atomic E-state index is 9.45. The molecule has 0 atom stereocenters. The molecular formula is C11H15N3OS. The lowest BCUT2D eigenvalue weighted by Gasteiger charge is -2.31. The first-order valence-electron chi connectivity index (χ1n) is 5.36. The van der Waals surface area contributed by atoms with E-state index in [-0.39, 0.29) is 6.10 Å². The van der Waals surface area contributed by atoms with Crippen molar-refractivity contribution in [3.63, 3.8) is 0 Å². The fourth-order valence-corrected chi connectivity index (χ4v) is 2.08. The van der Waals surface area contributed by atoms with Gasteiger partial charge in [-0.25, -0.2) is 4.98 Å². The highest BCUT2D eigenvalue weighted by molar-refractivity contribution is 7.80. The van der Waals surface area contributed by atoms with Gasteiger partial charge in [-0.05, 0) is 25.0 Å². The van der Waals surface area contributed by atoms with E-state index in [4.69, 9.17) is 18.0 Å². The van der Waals surface area contributed by atoms with E-state index < -0.39 is 0 Å². The first-order valence-corrected chi connectivity index (χ1v) is 5.77. The lowest BCUT2D eigenvalue weighted by atomic mass is 10.1. The number of nitrogens with two attached hydrogens (primary N) is 1. The highest BCUT2D eigenvalue weighted by atomic mass is 32.1. The minimum absolute atomic E-state index is 0.187. The summed E-state index contributed by atoms with van der Waals surface area (Å²) in [4.78, 5) is 6.82. The third-order valence-electron chi connectivity index (χ3n) is 2.82. The van der Waals surface area contributed by atoms with Gasteiger partial charge in [0.2, 0.25) is 0 Å². The Morgan fingerprint density at radius 2 is 2.19 bits per heavy atom. The SMILES string of the molecule is NC(=S)c1cccnc1N1CCC(O)CC1. The molecule has 2 heterocycles. The molecule has 0 spiro atoms. The number of thiocarbonyl (C=S) groups is 1. The molecule has 1 fully saturated rings. The molecule has 1 aromatic heterocycles. The van der Waals surface area contributed by atoms with Crippen molar-refractivity contribution >= 4 is 23.0 Å². The van der Waals surface area contributed by atoms with Crippen LogP contribution in [0.5, 0.6) is 0 Å². The van der Waals surface area contributed by atoms with Gasteiger partial charge in [0.25, 0.3) is 0 Å². The summed E-state index contributed by atoms with van der Waals surface area (Å²) in [5.41, 5.74) is 6.48. The Labute approximate surface area is 100 Å². The van der Waals surface area contributed by atoms with Gasteiger partial charge < -0.3 is 15.7 Å². The minimum Gasteiger partial charge on any atom is -0.393 e. The highest BCUT2D eigenvalue weighted by Gasteiger charge is 2.20. The zero-order valence-electron chi connectivity index (χ0n) is 8.97. The van der Waals surface area contributed by atoms with Gasteiger partial charge >= 0.3 is 0 Å². The van der Waals surface area contributed by atoms with Gasteiger partial charge in [-0.15, -0.1) is 0 Å². The summed E-state index contributed by atoms with van der Waals surface area (Å²) in [5, 5.41) is 9.45. The molecule has 0 bridgehead atoms. The molecule has 1 aliphatic heterocycles. The van der Waals surface area contributed by atoms with Gasteiger partial charge in [-0.3, -0.25) is 0 Å². The average molecular weight is 237 g/mol. The molecule has 0 aliphatic carbocycles. The number of aliphatic hydroxyl groups is 1. The van der Waals surface area contributed by atoms with Crippen molar-refractivity contribution < 1.29 is 5.11 Å². The predicted octanol–water partition coefficient (Wildman–Crippen LogP) is 0.677. The molecular weight excluding hydrogens is 222 g/mol. The van der Waals surface area contributed by atoms with Crippen LogP contribution >= 0.6 is 12.2 Å². The maximum absolute atomic E-state index is 9.45. The van der Waals surface area contributed by atoms with Crippen molar-refractivity contribution in [2.45, 2.75) is 18.9 Å². The molecule has 2 rings (SSSR count). The maximum Gasteiger partial charge on any atom is 0.138 e. The Bertz CT molecular complexity index is 389. The van der Waals surface area contributed by atoms with Crippen LogP contribution in [0.1, 0.15) is 18.4 Å². The van der Waals surface area contributed by atoms with E-state index in [0.29, 0.717) is 4.99 Å². The fraction of sp³-hybridized carbons (Fsp3) is 0.455. The van der Waals surface area contributed by atoms with E-state index >= 15 is 0 Å². The Kier molecular flexibility index (Phi) is 3.36. The number of aromatic nitrogens is 1. The van der Waals surface area contributed by atoms with Crippen molar-refractivity contribution in [2.75, 3.05) is 18.0 Å². The number of pyridine rings is 1. The topological polar surface area (TPSA) is 62.4 Å². The summed E-state index contributed by atoms with van der Waals surface area (Å²) < 4.78 is 0. The van der Waals surface area contributed by atoms with E-state index in [1.165, 1.54) is 0 Å². The molecule has 0 amide bonds. The van der Waals surface area contributed by atoms with E-state index in [9.17, 15) is 5.11 Å². The third-order valence-corrected chi connectivity index (χ3v) is 3.04. The smallest absolute Gasteiger partial charge is 0.138 e. The van der Waals surface area contributed by atoms with Crippen LogP contribution in [0.4, 0.5) is 5.82 Å². The minimum atomic E-state index is -0.187. The van der Waals surface area contributed by atoms with Gasteiger partial charge in [0, 0.05) is 19.3 Å². The number of rotatable bonds is 2. The number of hydrogen-bond donors (Lipinski definition) is 2. The van der Waals surface area contributed by atoms with E-state index in [2.05, 4.69) is 9.88 Å². The van der Waals surface area contributed by atoms with Gasteiger partial charge in [0.15, 0.2) is 0 Å². The number of nitrogens with zero attached hydrogens (tertiary/aromatic N) is 2. The van der Waals surface area contributed by atoms with Gasteiger partial charge in [0.1, 0.15) is 10.8 Å². The molecule has 3 N–H and O–H groups in total. The molecule has 4 nitrogen and oxygen atoms in total. The first kappa shape index (κ1) is 11.3. The molecule has 0 saturated carbocycles. The summed E-state index contributed by atoms with van der Waals surface area (Å²) in [6.07, 6.45) is 3.09. The number of anilines is 1. The fourth-order valence-electron chi connectivity index (χ4n) is 1.92. The molecule has 1 saturated heterocycles. The van der Waals surface area contributed by atoms with E-state index in [1.807, 2.05) is 12.1 Å². The normalized spacial score (nSPS) is 17.4. The average Bonchev–Trinajstić information content (AvgIpc) is 2.30. The van der Waals surface area contributed by atoms with Crippen LogP contribution in [0.25, 0.3) is 0 Å². The third kappa shape index (κ3) is 2.31. The monoisotopic (exact) mass is 237 g/mol. The summed E-state index contributed by atoms with van der Waals surface area (Å²) in [6, 6.07) is 3.71. The second-order valence-corrected chi connectivity index (χ2v) is 4.40. The van der Waals surface area contributed by atoms with Gasteiger partial charge in [-0.1, -0.05) is 12.2 Å². The van der Waals surface area contributed by atoms with Crippen LogP contribution in [0.15, 0.2) is 18.3 Å². The predicted molar refractivity (Wildman–Crippen MR) is 67.6 cm³/mol. The quantitative estimate of drug-likeness (QED) is 0.741. The standard InChI is InChI=1S/C11H15N3OS/c12-10(16)9-2-1-5-13-11(9)14-6-3-8(15)4-7-14/h1-2,5,8,15H,3-4,6-7H2,(H2,12,16). The van der Waals surface area contributed by atoms with E-state index in [0.717, 1.165) is 37.3 Å². The largest absolute Gasteiger partial charge is 0.393 e. The van der Waals surface area contributed by atoms with Crippen molar-refractivity contribution in [1.82, 2.24) is 4.98 Å². The first-order chi connectivity index (χ1) is 7.68. The molecule has 1 aromatic rings. The van der Waals surface area contributed by atoms with Crippen LogP contribution in [0, 0.1) is 0 Å². The molecule has 5 heteroatoms. The van der Waals surface area contributed by atoms with Gasteiger partial charge in [0.05, 0.1) is 11.7 Å². The molecule has 1 aliphatic rings. The molecule has 86 valence electrons. The van der Waals surface area contributed by atoms with Crippen LogP contribution in [0.3, 0.4) is 0 Å². The van der Waals surface area contributed by atoms with Crippen molar-refractivity contribution in [1.29, 1.82) is 0 Å². The zero-order chi connectivity index (χ0) is 11.5. The second-order valence-electron chi connectivity index (χ2n) is 3.96. The Morgan fingerprint density at radius 1 is 1.50 bits per heavy atom. The Morgan fingerprint density at radius 3 is 2.81 bits per heavy atom. The van der Waals surface area contributed by atoms with Crippen LogP contribution in [-0.4, -0.2) is 34.3 Å². The summed E-state index contributed by atoms with van der Waals surface area (Å²) in [5.74, 6) is 0.835. The lowest BCUT2D eigenvalue weighted by Crippen LogP contribution is -2.37. The Hall–Kier alpha value is -1.20. The van der Waals surface area contributed by atoms with Crippen LogP contribution in [0.2, 0.25) is 0 Å². The lowest BCUT2D eigenvalue weighted by molar-refractivity contribution is 0.145. The van der Waals surface area contributed by atoms with Crippen molar-refractivity contribution in [3.05, 3.63) is 23.9 Å². The summed E-state index contributed by atoms with van der Waals surface area (Å²) in [6.45, 7) is 1.60. The zero-order valence-corrected chi connectivity index (χ0v) is 9.78. The molecule has 0 radical (unpaired) electrons. The summed E-state index contributed by atoms with van der Waals surface area (Å²) in [7, 11) is 0. The Balaban J connectivity index is 2.23. The molecule has 0 unspecified atom stereocenters. The summed E-state index contributed by atoms with van der Waals surface area (Å²) >= 11 is 5.00. The highest BCUT2D eigenvalue weighted by Crippen LogP contribution is 2.21. The number of hydrogen-bond acceptors (Lipinski definition) is 4. The van der Waals surface area contributed by atoms with Crippen LogP contribution < -0.4 is 10.6 Å². The van der Waals surface area contributed by atoms with Crippen LogP contribution in [-0.2, 0) is 0 Å². The van der Waals surface area contributed by atoms with Gasteiger partial charge in [-0.2, -0.15) is 0 Å². The van der Waals surface area contributed by atoms with Crippen molar-refractivity contribution in [3.8, 4) is 0 Å². The van der Waals surface area contributed by atoms with Crippen molar-refractivity contribution in [2.24, 2.45) is 5.73 Å². The second kappa shape index (κ2) is 4.76. The molecule has 0 aromatic carbocycles. The van der Waals surface area contributed by atoms with E-state index in [1.54, 1.807) is 6.20 Å². The number of piperidine rings is 1.